The number of dihydropyridines is 1. The lowest BCUT2D eigenvalue weighted by molar-refractivity contribution is -0.137. The minimum absolute atomic E-state index is 0.322. The first-order valence-corrected chi connectivity index (χ1v) is 8.06. The molecule has 6 heteroatoms. The second-order valence-electron chi connectivity index (χ2n) is 5.54. The van der Waals surface area contributed by atoms with Crippen molar-refractivity contribution < 1.29 is 19.1 Å². The van der Waals surface area contributed by atoms with Gasteiger partial charge in [-0.3, -0.25) is 0 Å². The second kappa shape index (κ2) is 8.03. The van der Waals surface area contributed by atoms with Gasteiger partial charge in [0, 0.05) is 22.3 Å². The number of methoxy groups -OCH3 is 2. The summed E-state index contributed by atoms with van der Waals surface area (Å²) in [5, 5.41) is 3.46. The van der Waals surface area contributed by atoms with E-state index in [0.717, 1.165) is 5.56 Å². The highest BCUT2D eigenvalue weighted by atomic mass is 35.5. The predicted molar refractivity (Wildman–Crippen MR) is 96.3 cm³/mol. The number of halogens is 1. The molecule has 0 aromatic heterocycles. The Labute approximate surface area is 152 Å². The number of hydrogen-bond donors (Lipinski definition) is 1. The molecule has 1 N–H and O–H groups in total. The van der Waals surface area contributed by atoms with E-state index in [0.29, 0.717) is 27.6 Å². The van der Waals surface area contributed by atoms with Crippen molar-refractivity contribution in [2.24, 2.45) is 5.92 Å². The molecule has 0 amide bonds. The van der Waals surface area contributed by atoms with Crippen molar-refractivity contribution in [1.29, 1.82) is 0 Å². The minimum atomic E-state index is -0.672. The molecule has 0 saturated carbocycles. The molecule has 5 nitrogen and oxygen atoms in total. The van der Waals surface area contributed by atoms with Crippen LogP contribution in [-0.4, -0.2) is 26.2 Å². The van der Waals surface area contributed by atoms with Crippen LogP contribution in [0.4, 0.5) is 0 Å². The summed E-state index contributed by atoms with van der Waals surface area (Å²) in [6, 6.07) is 9.30. The van der Waals surface area contributed by atoms with Crippen LogP contribution in [0.15, 0.2) is 58.9 Å². The predicted octanol–water partition coefficient (Wildman–Crippen LogP) is 3.38. The van der Waals surface area contributed by atoms with E-state index in [1.54, 1.807) is 19.9 Å². The van der Waals surface area contributed by atoms with Gasteiger partial charge >= 0.3 is 11.9 Å². The zero-order chi connectivity index (χ0) is 18.6. The van der Waals surface area contributed by atoms with Gasteiger partial charge in [-0.15, -0.1) is 0 Å². The van der Waals surface area contributed by atoms with E-state index < -0.39 is 17.9 Å². The minimum Gasteiger partial charge on any atom is -0.466 e. The zero-order valence-electron chi connectivity index (χ0n) is 14.6. The maximum Gasteiger partial charge on any atom is 0.336 e. The lowest BCUT2D eigenvalue weighted by Crippen LogP contribution is -2.32. The standard InChI is InChI=1S/C19H20ClNO4/c1-11-16(18(22)24-3)14(17(12(2)21-11)19(23)25-4)10-15(20)13-8-6-5-7-9-13/h5-10,14,21H,1-4H3/b15-10+. The molecule has 1 aliphatic heterocycles. The van der Waals surface area contributed by atoms with Gasteiger partial charge in [0.25, 0.3) is 0 Å². The molecule has 132 valence electrons. The van der Waals surface area contributed by atoms with Crippen molar-refractivity contribution in [2.75, 3.05) is 14.2 Å². The summed E-state index contributed by atoms with van der Waals surface area (Å²) in [5.41, 5.74) is 2.64. The van der Waals surface area contributed by atoms with Gasteiger partial charge in [-0.2, -0.15) is 0 Å². The van der Waals surface area contributed by atoms with Crippen LogP contribution in [0.2, 0.25) is 0 Å². The van der Waals surface area contributed by atoms with Gasteiger partial charge in [-0.25, -0.2) is 9.59 Å². The third-order valence-corrected chi connectivity index (χ3v) is 4.32. The summed E-state index contributed by atoms with van der Waals surface area (Å²) in [7, 11) is 2.59. The molecule has 0 radical (unpaired) electrons. The van der Waals surface area contributed by atoms with Gasteiger partial charge in [0.1, 0.15) is 0 Å². The monoisotopic (exact) mass is 361 g/mol. The van der Waals surface area contributed by atoms with E-state index >= 15 is 0 Å². The smallest absolute Gasteiger partial charge is 0.336 e. The number of allylic oxidation sites excluding steroid dienone is 3. The summed E-state index contributed by atoms with van der Waals surface area (Å²) in [5.74, 6) is -1.73. The number of nitrogens with one attached hydrogen (secondary N) is 1. The number of carbonyl (C=O) groups is 2. The number of rotatable bonds is 4. The fourth-order valence-corrected chi connectivity index (χ4v) is 3.07. The Bertz CT molecular complexity index is 740. The fraction of sp³-hybridized carbons (Fsp3) is 0.263. The first-order chi connectivity index (χ1) is 11.9. The van der Waals surface area contributed by atoms with E-state index in [1.807, 2.05) is 30.3 Å². The molecule has 1 heterocycles. The molecule has 2 rings (SSSR count). The molecule has 1 aromatic rings. The third-order valence-electron chi connectivity index (χ3n) is 3.98. The van der Waals surface area contributed by atoms with Crippen LogP contribution in [0.1, 0.15) is 19.4 Å². The van der Waals surface area contributed by atoms with Crippen molar-refractivity contribution in [3.63, 3.8) is 0 Å². The molecular formula is C19H20ClNO4. The van der Waals surface area contributed by atoms with Gasteiger partial charge < -0.3 is 14.8 Å². The van der Waals surface area contributed by atoms with Crippen LogP contribution in [0.25, 0.3) is 5.03 Å². The van der Waals surface area contributed by atoms with Crippen molar-refractivity contribution in [3.05, 3.63) is 64.5 Å². The maximum absolute atomic E-state index is 12.3. The van der Waals surface area contributed by atoms with E-state index in [2.05, 4.69) is 5.32 Å². The largest absolute Gasteiger partial charge is 0.466 e. The number of hydrogen-bond acceptors (Lipinski definition) is 5. The Hall–Kier alpha value is -2.53. The zero-order valence-corrected chi connectivity index (χ0v) is 15.3. The average molecular weight is 362 g/mol. The van der Waals surface area contributed by atoms with Gasteiger partial charge in [-0.05, 0) is 19.4 Å². The van der Waals surface area contributed by atoms with Crippen molar-refractivity contribution in [3.8, 4) is 0 Å². The van der Waals surface area contributed by atoms with Gasteiger partial charge in [0.15, 0.2) is 0 Å². The normalized spacial score (nSPS) is 15.8. The Morgan fingerprint density at radius 1 is 1.00 bits per heavy atom. The third kappa shape index (κ3) is 3.94. The quantitative estimate of drug-likeness (QED) is 0.833. The van der Waals surface area contributed by atoms with E-state index in [1.165, 1.54) is 14.2 Å². The summed E-state index contributed by atoms with van der Waals surface area (Å²) < 4.78 is 9.78. The first-order valence-electron chi connectivity index (χ1n) is 7.68. The highest BCUT2D eigenvalue weighted by Crippen LogP contribution is 2.35. The maximum atomic E-state index is 12.3. The molecule has 0 bridgehead atoms. The Morgan fingerprint density at radius 2 is 1.48 bits per heavy atom. The molecule has 0 aliphatic carbocycles. The molecule has 0 unspecified atom stereocenters. The number of carbonyl (C=O) groups excluding carboxylic acids is 2. The van der Waals surface area contributed by atoms with E-state index in [4.69, 9.17) is 21.1 Å². The highest BCUT2D eigenvalue weighted by molar-refractivity contribution is 6.48. The molecular weight excluding hydrogens is 342 g/mol. The van der Waals surface area contributed by atoms with Crippen LogP contribution in [0, 0.1) is 5.92 Å². The van der Waals surface area contributed by atoms with Crippen LogP contribution < -0.4 is 5.32 Å². The molecule has 0 fully saturated rings. The fourth-order valence-electron chi connectivity index (χ4n) is 2.81. The SMILES string of the molecule is COC(=O)C1=C(C)NC(C)=C(C(=O)OC)C1/C=C(/Cl)c1ccccc1. The number of ether oxygens (including phenoxy) is 2. The highest BCUT2D eigenvalue weighted by Gasteiger charge is 2.35. The molecule has 0 saturated heterocycles. The lowest BCUT2D eigenvalue weighted by Gasteiger charge is -2.28. The summed E-state index contributed by atoms with van der Waals surface area (Å²) >= 11 is 6.45. The summed E-state index contributed by atoms with van der Waals surface area (Å²) in [4.78, 5) is 24.6. The van der Waals surface area contributed by atoms with Crippen molar-refractivity contribution in [2.45, 2.75) is 13.8 Å². The van der Waals surface area contributed by atoms with Gasteiger partial charge in [0.2, 0.25) is 0 Å². The molecule has 25 heavy (non-hydrogen) atoms. The molecule has 1 aromatic carbocycles. The van der Waals surface area contributed by atoms with Crippen molar-refractivity contribution >= 4 is 28.6 Å². The molecule has 0 atom stereocenters. The number of benzene rings is 1. The van der Waals surface area contributed by atoms with Crippen molar-refractivity contribution in [1.82, 2.24) is 5.32 Å². The Morgan fingerprint density at radius 3 is 1.92 bits per heavy atom. The molecule has 0 spiro atoms. The number of esters is 2. The molecule has 1 aliphatic rings. The van der Waals surface area contributed by atoms with E-state index in [9.17, 15) is 9.59 Å². The summed E-state index contributed by atoms with van der Waals surface area (Å²) in [6.07, 6.45) is 1.67. The van der Waals surface area contributed by atoms with Crippen LogP contribution in [0.5, 0.6) is 0 Å². The average Bonchev–Trinajstić information content (AvgIpc) is 2.61. The van der Waals surface area contributed by atoms with E-state index in [-0.39, 0.29) is 0 Å². The van der Waals surface area contributed by atoms with Crippen LogP contribution >= 0.6 is 11.6 Å². The summed E-state index contributed by atoms with van der Waals surface area (Å²) in [6.45, 7) is 3.50. The van der Waals surface area contributed by atoms with Gasteiger partial charge in [-0.1, -0.05) is 48.0 Å². The first kappa shape index (κ1) is 18.8. The van der Waals surface area contributed by atoms with Crippen LogP contribution in [-0.2, 0) is 19.1 Å². The van der Waals surface area contributed by atoms with Gasteiger partial charge in [0.05, 0.1) is 25.4 Å². The Balaban J connectivity index is 2.60. The topological polar surface area (TPSA) is 64.6 Å². The van der Waals surface area contributed by atoms with Crippen LogP contribution in [0.3, 0.4) is 0 Å². The second-order valence-corrected chi connectivity index (χ2v) is 5.95. The lowest BCUT2D eigenvalue weighted by atomic mass is 9.84. The Kier molecular flexibility index (Phi) is 6.04.